The molecule has 2 aromatic heterocycles. The van der Waals surface area contributed by atoms with E-state index >= 15 is 0 Å². The Morgan fingerprint density at radius 3 is 2.72 bits per heavy atom. The molecule has 3 N–H and O–H groups in total. The summed E-state index contributed by atoms with van der Waals surface area (Å²) in [5.41, 5.74) is 2.29. The number of ether oxygens (including phenoxy) is 1. The molecule has 1 saturated heterocycles. The van der Waals surface area contributed by atoms with Gasteiger partial charge in [-0.1, -0.05) is 0 Å². The van der Waals surface area contributed by atoms with Crippen LogP contribution < -0.4 is 25.3 Å². The molecule has 0 bridgehead atoms. The predicted molar refractivity (Wildman–Crippen MR) is 145 cm³/mol. The number of amides is 1. The number of nitrogens with zero attached hydrogens (tertiary/aromatic N) is 2. The number of hydrogen-bond donors (Lipinski definition) is 3. The van der Waals surface area contributed by atoms with E-state index in [-0.39, 0.29) is 22.6 Å². The number of rotatable bonds is 7. The second-order valence-electron chi connectivity index (χ2n) is 9.06. The number of hydrogen-bond acceptors (Lipinski definition) is 5. The minimum absolute atomic E-state index is 0.0699. The number of fused-ring (bicyclic) bond motifs is 1. The summed E-state index contributed by atoms with van der Waals surface area (Å²) in [7, 11) is 4.88. The van der Waals surface area contributed by atoms with Gasteiger partial charge < -0.3 is 0 Å². The molecular weight excluding hydrogens is 581 g/mol. The fourth-order valence-corrected chi connectivity index (χ4v) is 5.89. The van der Waals surface area contributed by atoms with Crippen LogP contribution in [-0.4, -0.2) is 88.3 Å². The number of pyridine rings is 1. The molecule has 1 aliphatic rings. The fourth-order valence-electron chi connectivity index (χ4n) is 4.43. The van der Waals surface area contributed by atoms with Crippen LogP contribution in [0.1, 0.15) is 22.3 Å². The van der Waals surface area contributed by atoms with E-state index in [9.17, 15) is 22.4 Å². The molecule has 208 valence electrons. The summed E-state index contributed by atoms with van der Waals surface area (Å²) < 4.78 is 62.2. The van der Waals surface area contributed by atoms with Gasteiger partial charge in [-0.3, -0.25) is 0 Å². The summed E-state index contributed by atoms with van der Waals surface area (Å²) >= 11 is -1.85. The third kappa shape index (κ3) is 6.98. The zero-order valence-corrected chi connectivity index (χ0v) is 23.4. The predicted octanol–water partition coefficient (Wildman–Crippen LogP) is 3.07. The Kier molecular flexibility index (Phi) is 8.95. The number of carbonyl (C=O) groups excluding carboxylic acids is 1. The maximum absolute atomic E-state index is 14.7. The van der Waals surface area contributed by atoms with Gasteiger partial charge in [0.25, 0.3) is 0 Å². The van der Waals surface area contributed by atoms with Gasteiger partial charge in [0.2, 0.25) is 0 Å². The number of carbonyl (C=O) groups is 1. The topological polar surface area (TPSA) is 70.0 Å². The molecule has 1 aromatic carbocycles. The van der Waals surface area contributed by atoms with Crippen LogP contribution in [0, 0.1) is 11.8 Å². The Labute approximate surface area is 230 Å². The molecule has 0 radical (unpaired) electrons. The molecule has 7 nitrogen and oxygen atoms in total. The molecule has 0 spiro atoms. The summed E-state index contributed by atoms with van der Waals surface area (Å²) in [6, 6.07) is 9.46. The molecular formula is C27H29F4N5O2Se. The van der Waals surface area contributed by atoms with Gasteiger partial charge in [0.05, 0.1) is 0 Å². The van der Waals surface area contributed by atoms with E-state index in [1.54, 1.807) is 42.6 Å². The summed E-state index contributed by atoms with van der Waals surface area (Å²) in [4.78, 5) is 13.9. The van der Waals surface area contributed by atoms with Crippen molar-refractivity contribution in [2.24, 2.45) is 0 Å². The van der Waals surface area contributed by atoms with Crippen molar-refractivity contribution < 1.29 is 27.1 Å². The Hall–Kier alpha value is -3.39. The van der Waals surface area contributed by atoms with E-state index < -0.39 is 32.2 Å². The van der Waals surface area contributed by atoms with Crippen molar-refractivity contribution in [3.05, 3.63) is 53.7 Å². The number of alkyl halides is 4. The average Bonchev–Trinajstić information content (AvgIpc) is 3.24. The van der Waals surface area contributed by atoms with Gasteiger partial charge in [-0.25, -0.2) is 0 Å². The SMILES string of the molecule is CNC(=O)c1ccc(OC)c(NCC#Cc2cc3c(N[C@@H]4CCN(C)C[C@@H]4F)cccn3c2[Se]C(F)(F)F)c1. The summed E-state index contributed by atoms with van der Waals surface area (Å²) in [6.07, 6.45) is 1.06. The van der Waals surface area contributed by atoms with Crippen molar-refractivity contribution in [2.75, 3.05) is 51.5 Å². The average molecular weight is 611 g/mol. The molecule has 1 aliphatic heterocycles. The van der Waals surface area contributed by atoms with Crippen molar-refractivity contribution in [3.63, 3.8) is 0 Å². The minimum atomic E-state index is -4.38. The van der Waals surface area contributed by atoms with Crippen molar-refractivity contribution in [1.29, 1.82) is 0 Å². The molecule has 0 saturated carbocycles. The second-order valence-corrected chi connectivity index (χ2v) is 11.3. The number of piperidine rings is 1. The Morgan fingerprint density at radius 2 is 2.03 bits per heavy atom. The molecule has 2 atom stereocenters. The Balaban J connectivity index is 1.61. The zero-order chi connectivity index (χ0) is 28.2. The zero-order valence-electron chi connectivity index (χ0n) is 21.7. The van der Waals surface area contributed by atoms with Crippen LogP contribution in [0.3, 0.4) is 0 Å². The first kappa shape index (κ1) is 28.6. The normalized spacial score (nSPS) is 17.8. The van der Waals surface area contributed by atoms with Crippen LogP contribution in [0.2, 0.25) is 0 Å². The van der Waals surface area contributed by atoms with Gasteiger partial charge in [0.15, 0.2) is 0 Å². The second kappa shape index (κ2) is 12.2. The number of likely N-dealkylation sites (tertiary alicyclic amines) is 1. The fraction of sp³-hybridized carbons (Fsp3) is 0.370. The van der Waals surface area contributed by atoms with E-state index in [1.165, 1.54) is 18.6 Å². The number of halogens is 4. The first-order chi connectivity index (χ1) is 18.6. The van der Waals surface area contributed by atoms with Gasteiger partial charge >= 0.3 is 231 Å². The summed E-state index contributed by atoms with van der Waals surface area (Å²) in [5, 5.41) is 4.45. The third-order valence-corrected chi connectivity index (χ3v) is 8.11. The van der Waals surface area contributed by atoms with Crippen LogP contribution in [0.25, 0.3) is 5.52 Å². The first-order valence-corrected chi connectivity index (χ1v) is 13.9. The van der Waals surface area contributed by atoms with Crippen LogP contribution in [0.5, 0.6) is 5.75 Å². The molecule has 0 unspecified atom stereocenters. The van der Waals surface area contributed by atoms with Gasteiger partial charge in [-0.05, 0) is 0 Å². The van der Waals surface area contributed by atoms with Crippen LogP contribution in [0.15, 0.2) is 42.6 Å². The summed E-state index contributed by atoms with van der Waals surface area (Å²) in [6.45, 7) is 1.12. The van der Waals surface area contributed by atoms with Crippen LogP contribution in [0.4, 0.5) is 28.9 Å². The van der Waals surface area contributed by atoms with Crippen molar-refractivity contribution in [3.8, 4) is 17.6 Å². The molecule has 39 heavy (non-hydrogen) atoms. The van der Waals surface area contributed by atoms with E-state index in [0.29, 0.717) is 41.2 Å². The Morgan fingerprint density at radius 1 is 1.23 bits per heavy atom. The number of nitrogens with one attached hydrogen (secondary N) is 3. The molecule has 4 rings (SSSR count). The van der Waals surface area contributed by atoms with Gasteiger partial charge in [-0.15, -0.1) is 0 Å². The quantitative estimate of drug-likeness (QED) is 0.218. The first-order valence-electron chi connectivity index (χ1n) is 12.2. The van der Waals surface area contributed by atoms with Gasteiger partial charge in [-0.2, -0.15) is 0 Å². The molecule has 0 aliphatic carbocycles. The van der Waals surface area contributed by atoms with E-state index in [2.05, 4.69) is 27.8 Å². The van der Waals surface area contributed by atoms with Crippen LogP contribution >= 0.6 is 0 Å². The molecule has 3 aromatic rings. The number of methoxy groups -OCH3 is 1. The Bertz CT molecular complexity index is 1400. The van der Waals surface area contributed by atoms with E-state index in [1.807, 2.05) is 11.9 Å². The third-order valence-electron chi connectivity index (χ3n) is 6.34. The van der Waals surface area contributed by atoms with Crippen molar-refractivity contribution in [2.45, 2.75) is 23.7 Å². The monoisotopic (exact) mass is 611 g/mol. The number of anilines is 2. The molecule has 1 amide bonds. The standard InChI is InChI=1S/C27H29F4N5O2Se/c1-32-25(37)17-8-9-24(38-3)22(14-17)33-11-4-6-18-15-23-21(34-20-10-13-35(2)16-19(20)28)7-5-12-36(23)26(18)39-27(29,30)31/h5,7-9,12,14-15,19-20,33-34H,10-11,13,16H2,1-3H3,(H,32,37)/t19-,20+/m0/s1. The molecule has 3 heterocycles. The molecule has 1 fully saturated rings. The van der Waals surface area contributed by atoms with Crippen molar-refractivity contribution in [1.82, 2.24) is 14.6 Å². The number of aromatic nitrogens is 1. The van der Waals surface area contributed by atoms with Gasteiger partial charge in [0, 0.05) is 0 Å². The van der Waals surface area contributed by atoms with Crippen LogP contribution in [-0.2, 0) is 0 Å². The molecule has 12 heteroatoms. The van der Waals surface area contributed by atoms with Crippen molar-refractivity contribution >= 4 is 42.3 Å². The maximum atomic E-state index is 14.7. The van der Waals surface area contributed by atoms with E-state index in [4.69, 9.17) is 4.74 Å². The number of benzene rings is 1. The summed E-state index contributed by atoms with van der Waals surface area (Å²) in [5.74, 6) is 6.00. The van der Waals surface area contributed by atoms with Gasteiger partial charge in [0.1, 0.15) is 0 Å². The van der Waals surface area contributed by atoms with E-state index in [0.717, 1.165) is 6.54 Å².